The van der Waals surface area contributed by atoms with E-state index in [1.165, 1.54) is 5.56 Å². The van der Waals surface area contributed by atoms with Gasteiger partial charge in [-0.2, -0.15) is 0 Å². The molecule has 3 aromatic rings. The summed E-state index contributed by atoms with van der Waals surface area (Å²) in [5.74, 6) is 1.31. The van der Waals surface area contributed by atoms with Crippen molar-refractivity contribution in [3.63, 3.8) is 0 Å². The van der Waals surface area contributed by atoms with Crippen LogP contribution in [-0.4, -0.2) is 23.5 Å². The summed E-state index contributed by atoms with van der Waals surface area (Å²) >= 11 is 0. The molecule has 0 bridgehead atoms. The number of pyridine rings is 1. The van der Waals surface area contributed by atoms with Crippen LogP contribution in [0, 0.1) is 0 Å². The Morgan fingerprint density at radius 1 is 1.06 bits per heavy atom. The molecule has 1 aromatic heterocycles. The minimum Gasteiger partial charge on any atom is -0.494 e. The molecule has 0 atom stereocenters. The van der Waals surface area contributed by atoms with Gasteiger partial charge in [0.25, 0.3) is 5.91 Å². The van der Waals surface area contributed by atoms with Crippen molar-refractivity contribution in [1.82, 2.24) is 10.3 Å². The highest BCUT2D eigenvalue weighted by Crippen LogP contribution is 2.19. The number of ether oxygens (including phenoxy) is 1. The number of nitrogens with one attached hydrogen (secondary N) is 2. The Labute approximate surface area is 196 Å². The molecule has 33 heavy (non-hydrogen) atoms. The Bertz CT molecular complexity index is 1050. The molecule has 0 unspecified atom stereocenters. The second-order valence-electron chi connectivity index (χ2n) is 8.11. The lowest BCUT2D eigenvalue weighted by atomic mass is 10.0. The van der Waals surface area contributed by atoms with Crippen LogP contribution in [0.1, 0.15) is 61.0 Å². The van der Waals surface area contributed by atoms with Crippen LogP contribution in [0.3, 0.4) is 0 Å². The number of amides is 1. The molecule has 6 heteroatoms. The molecule has 0 aliphatic rings. The van der Waals surface area contributed by atoms with Gasteiger partial charge in [-0.1, -0.05) is 39.3 Å². The van der Waals surface area contributed by atoms with Crippen LogP contribution in [-0.2, 0) is 6.54 Å². The highest BCUT2D eigenvalue weighted by atomic mass is 16.5. The molecule has 1 heterocycles. The van der Waals surface area contributed by atoms with E-state index in [1.807, 2.05) is 36.4 Å². The Hall–Kier alpha value is -3.67. The number of guanidine groups is 1. The Balaban J connectivity index is 1.74. The fourth-order valence-corrected chi connectivity index (χ4v) is 3.10. The molecule has 3 rings (SSSR count). The maximum Gasteiger partial charge on any atom is 0.257 e. The predicted molar refractivity (Wildman–Crippen MR) is 134 cm³/mol. The van der Waals surface area contributed by atoms with Gasteiger partial charge in [-0.15, -0.1) is 0 Å². The molecule has 1 amide bonds. The van der Waals surface area contributed by atoms with Gasteiger partial charge < -0.3 is 10.1 Å². The molecule has 2 aromatic carbocycles. The maximum atomic E-state index is 12.9. The average Bonchev–Trinajstić information content (AvgIpc) is 2.84. The molecule has 0 saturated carbocycles. The Kier molecular flexibility index (Phi) is 9.00. The Morgan fingerprint density at radius 3 is 2.52 bits per heavy atom. The molecule has 0 aliphatic carbocycles. The van der Waals surface area contributed by atoms with Crippen LogP contribution >= 0.6 is 0 Å². The van der Waals surface area contributed by atoms with Crippen LogP contribution in [0.25, 0.3) is 0 Å². The standard InChI is InChI=1S/C27H32N4O2/c1-4-5-17-33-25-11-9-22(10-12-25)26(32)31-27(29-19-21-13-15-28-16-14-21)30-24-8-6-7-23(18-24)20(2)3/h6-16,18,20H,4-5,17,19H2,1-3H3,(H2,29,30,31,32). The topological polar surface area (TPSA) is 75.6 Å². The van der Waals surface area contributed by atoms with Gasteiger partial charge in [-0.05, 0) is 72.0 Å². The molecule has 0 spiro atoms. The minimum absolute atomic E-state index is 0.240. The first-order valence-electron chi connectivity index (χ1n) is 11.4. The van der Waals surface area contributed by atoms with Gasteiger partial charge in [0.2, 0.25) is 5.96 Å². The number of hydrogen-bond donors (Lipinski definition) is 2. The zero-order chi connectivity index (χ0) is 23.5. The molecule has 6 nitrogen and oxygen atoms in total. The number of nitrogens with zero attached hydrogens (tertiary/aromatic N) is 2. The highest BCUT2D eigenvalue weighted by Gasteiger charge is 2.11. The first kappa shape index (κ1) is 24.0. The van der Waals surface area contributed by atoms with Gasteiger partial charge in [0.15, 0.2) is 0 Å². The second kappa shape index (κ2) is 12.4. The van der Waals surface area contributed by atoms with Crippen LogP contribution in [0.15, 0.2) is 78.0 Å². The monoisotopic (exact) mass is 444 g/mol. The maximum absolute atomic E-state index is 12.9. The average molecular weight is 445 g/mol. The van der Waals surface area contributed by atoms with Crippen molar-refractivity contribution >= 4 is 17.6 Å². The van der Waals surface area contributed by atoms with E-state index in [0.29, 0.717) is 30.6 Å². The molecule has 2 N–H and O–H groups in total. The van der Waals surface area contributed by atoms with Crippen LogP contribution in [0.2, 0.25) is 0 Å². The van der Waals surface area contributed by atoms with E-state index < -0.39 is 0 Å². The summed E-state index contributed by atoms with van der Waals surface area (Å²) in [4.78, 5) is 21.6. The number of aliphatic imine (C=N–C) groups is 1. The zero-order valence-corrected chi connectivity index (χ0v) is 19.5. The zero-order valence-electron chi connectivity index (χ0n) is 19.5. The first-order valence-corrected chi connectivity index (χ1v) is 11.4. The van der Waals surface area contributed by atoms with E-state index in [-0.39, 0.29) is 5.91 Å². The summed E-state index contributed by atoms with van der Waals surface area (Å²) in [5.41, 5.74) is 3.61. The number of hydrogen-bond acceptors (Lipinski definition) is 4. The van der Waals surface area contributed by atoms with Crippen molar-refractivity contribution in [2.75, 3.05) is 11.9 Å². The van der Waals surface area contributed by atoms with Gasteiger partial charge in [0.05, 0.1) is 13.2 Å². The molecule has 0 radical (unpaired) electrons. The SMILES string of the molecule is CCCCOc1ccc(C(=O)NC(=NCc2ccncc2)Nc2cccc(C(C)C)c2)cc1. The van der Waals surface area contributed by atoms with Gasteiger partial charge in [0.1, 0.15) is 5.75 Å². The summed E-state index contributed by atoms with van der Waals surface area (Å²) < 4.78 is 5.69. The van der Waals surface area contributed by atoms with E-state index in [0.717, 1.165) is 29.8 Å². The lowest BCUT2D eigenvalue weighted by Crippen LogP contribution is -2.36. The molecule has 0 fully saturated rings. The summed E-state index contributed by atoms with van der Waals surface area (Å²) in [6.07, 6.45) is 5.54. The quantitative estimate of drug-likeness (QED) is 0.249. The highest BCUT2D eigenvalue weighted by molar-refractivity contribution is 6.10. The third-order valence-corrected chi connectivity index (χ3v) is 5.10. The van der Waals surface area contributed by atoms with E-state index in [9.17, 15) is 4.79 Å². The van der Waals surface area contributed by atoms with Crippen molar-refractivity contribution in [2.24, 2.45) is 4.99 Å². The third-order valence-electron chi connectivity index (χ3n) is 5.10. The van der Waals surface area contributed by atoms with Gasteiger partial charge >= 0.3 is 0 Å². The molecular weight excluding hydrogens is 412 g/mol. The first-order chi connectivity index (χ1) is 16.0. The molecular formula is C27H32N4O2. The van der Waals surface area contributed by atoms with Crippen molar-refractivity contribution in [1.29, 1.82) is 0 Å². The van der Waals surface area contributed by atoms with E-state index >= 15 is 0 Å². The van der Waals surface area contributed by atoms with Crippen molar-refractivity contribution in [3.05, 3.63) is 89.7 Å². The molecule has 0 saturated heterocycles. The smallest absolute Gasteiger partial charge is 0.257 e. The number of aromatic nitrogens is 1. The molecule has 172 valence electrons. The van der Waals surface area contributed by atoms with Gasteiger partial charge in [-0.25, -0.2) is 4.99 Å². The number of anilines is 1. The number of unbranched alkanes of at least 4 members (excludes halogenated alkanes) is 1. The summed E-state index contributed by atoms with van der Waals surface area (Å²) in [7, 11) is 0. The van der Waals surface area contributed by atoms with E-state index in [4.69, 9.17) is 4.74 Å². The van der Waals surface area contributed by atoms with Crippen molar-refractivity contribution in [2.45, 2.75) is 46.1 Å². The lowest BCUT2D eigenvalue weighted by molar-refractivity contribution is 0.0977. The third kappa shape index (κ3) is 7.75. The second-order valence-corrected chi connectivity index (χ2v) is 8.11. The fraction of sp³-hybridized carbons (Fsp3) is 0.296. The molecule has 0 aliphatic heterocycles. The van der Waals surface area contributed by atoms with Crippen molar-refractivity contribution in [3.8, 4) is 5.75 Å². The largest absolute Gasteiger partial charge is 0.494 e. The number of carbonyl (C=O) groups excluding carboxylic acids is 1. The lowest BCUT2D eigenvalue weighted by Gasteiger charge is -2.14. The summed E-state index contributed by atoms with van der Waals surface area (Å²) in [6, 6.07) is 19.1. The number of carbonyl (C=O) groups is 1. The fourth-order valence-electron chi connectivity index (χ4n) is 3.10. The van der Waals surface area contributed by atoms with Crippen molar-refractivity contribution < 1.29 is 9.53 Å². The summed E-state index contributed by atoms with van der Waals surface area (Å²) in [5, 5.41) is 6.18. The Morgan fingerprint density at radius 2 is 1.82 bits per heavy atom. The number of benzene rings is 2. The summed E-state index contributed by atoms with van der Waals surface area (Å²) in [6.45, 7) is 7.51. The van der Waals surface area contributed by atoms with Crippen LogP contribution in [0.5, 0.6) is 5.75 Å². The number of rotatable bonds is 9. The van der Waals surface area contributed by atoms with Crippen LogP contribution in [0.4, 0.5) is 5.69 Å². The van der Waals surface area contributed by atoms with E-state index in [2.05, 4.69) is 53.5 Å². The van der Waals surface area contributed by atoms with E-state index in [1.54, 1.807) is 24.5 Å². The minimum atomic E-state index is -0.240. The predicted octanol–water partition coefficient (Wildman–Crippen LogP) is 5.78. The van der Waals surface area contributed by atoms with Gasteiger partial charge in [-0.3, -0.25) is 15.1 Å². The van der Waals surface area contributed by atoms with Crippen LogP contribution < -0.4 is 15.4 Å². The normalized spacial score (nSPS) is 11.3. The van der Waals surface area contributed by atoms with Gasteiger partial charge in [0, 0.05) is 23.6 Å².